The molecule has 5 aromatic rings. The van der Waals surface area contributed by atoms with E-state index in [1.54, 1.807) is 18.2 Å². The Balaban J connectivity index is 0.956. The first-order valence-electron chi connectivity index (χ1n) is 19.6. The van der Waals surface area contributed by atoms with Crippen molar-refractivity contribution in [2.75, 3.05) is 69.2 Å². The van der Waals surface area contributed by atoms with E-state index in [0.717, 1.165) is 0 Å². The van der Waals surface area contributed by atoms with Gasteiger partial charge in [-0.1, -0.05) is 0 Å². The minimum Gasteiger partial charge on any atom is -0.496 e. The number of methoxy groups -OCH3 is 1. The molecule has 0 aliphatic carbocycles. The van der Waals surface area contributed by atoms with Crippen LogP contribution in [-0.2, 0) is 54.5 Å². The first kappa shape index (κ1) is 45.1. The molecule has 0 saturated carbocycles. The van der Waals surface area contributed by atoms with Crippen molar-refractivity contribution in [2.24, 2.45) is 0 Å². The highest BCUT2D eigenvalue weighted by atomic mass is 32.2. The average molecular weight is 943 g/mol. The van der Waals surface area contributed by atoms with Crippen LogP contribution < -0.4 is 46.7 Å². The van der Waals surface area contributed by atoms with Gasteiger partial charge in [-0.25, -0.2) is 18.4 Å². The average Bonchev–Trinajstić information content (AvgIpc) is 3.78. The number of sulfonamides is 1. The Bertz CT molecular complexity index is 2840. The Kier molecular flexibility index (Phi) is 12.2. The van der Waals surface area contributed by atoms with Crippen LogP contribution >= 0.6 is 0 Å². The van der Waals surface area contributed by atoms with Gasteiger partial charge >= 0.3 is 12.4 Å². The summed E-state index contributed by atoms with van der Waals surface area (Å²) < 4.78 is 124. The molecular weight excluding hydrogens is 907 g/mol. The van der Waals surface area contributed by atoms with Gasteiger partial charge in [-0.2, -0.15) is 36.3 Å². The number of anilines is 9. The zero-order valence-corrected chi connectivity index (χ0v) is 34.9. The summed E-state index contributed by atoms with van der Waals surface area (Å²) >= 11 is 0. The van der Waals surface area contributed by atoms with Crippen molar-refractivity contribution in [3.8, 4) is 5.75 Å². The fourth-order valence-electron chi connectivity index (χ4n) is 7.18. The summed E-state index contributed by atoms with van der Waals surface area (Å²) in [5.41, 5.74) is 0.277. The van der Waals surface area contributed by atoms with E-state index in [9.17, 15) is 49.1 Å². The second kappa shape index (κ2) is 17.8. The lowest BCUT2D eigenvalue weighted by Gasteiger charge is -2.24. The Hall–Kier alpha value is -7.48. The number of hydrogen-bond donors (Lipinski definition) is 8. The smallest absolute Gasteiger partial charge is 0.421 e. The van der Waals surface area contributed by atoms with Crippen LogP contribution in [0.25, 0.3) is 0 Å². The van der Waals surface area contributed by atoms with Crippen LogP contribution in [0.3, 0.4) is 0 Å². The highest BCUT2D eigenvalue weighted by Gasteiger charge is 2.38. The summed E-state index contributed by atoms with van der Waals surface area (Å²) in [5, 5.41) is 18.7. The Labute approximate surface area is 369 Å². The maximum atomic E-state index is 14.1. The number of nitrogens with zero attached hydrogens (tertiary/aromatic N) is 4. The lowest BCUT2D eigenvalue weighted by atomic mass is 10.0. The largest absolute Gasteiger partial charge is 0.496 e. The van der Waals surface area contributed by atoms with Crippen LogP contribution in [0.1, 0.15) is 33.7 Å². The number of rotatable bonds is 15. The molecule has 0 spiro atoms. The molecule has 2 unspecified atom stereocenters. The van der Waals surface area contributed by atoms with Gasteiger partial charge in [0.05, 0.1) is 31.3 Å². The highest BCUT2D eigenvalue weighted by Crippen LogP contribution is 2.39. The van der Waals surface area contributed by atoms with Crippen LogP contribution in [-0.4, -0.2) is 84.7 Å². The molecule has 19 nitrogen and oxygen atoms in total. The zero-order valence-electron chi connectivity index (χ0n) is 34.1. The highest BCUT2D eigenvalue weighted by molar-refractivity contribution is 7.92. The molecule has 346 valence electrons. The predicted molar refractivity (Wildman–Crippen MR) is 226 cm³/mol. The van der Waals surface area contributed by atoms with Crippen molar-refractivity contribution < 1.29 is 58.6 Å². The number of carbonyl (C=O) groups excluding carboxylic acids is 3. The monoisotopic (exact) mass is 942 g/mol. The number of benzene rings is 3. The van der Waals surface area contributed by atoms with E-state index < -0.39 is 68.8 Å². The maximum Gasteiger partial charge on any atom is 0.421 e. The molecular formula is C40H36F6N12O7S. The van der Waals surface area contributed by atoms with E-state index in [2.05, 4.69) is 61.9 Å². The topological polar surface area (TPSA) is 252 Å². The Morgan fingerprint density at radius 3 is 2.06 bits per heavy atom. The predicted octanol–water partition coefficient (Wildman–Crippen LogP) is 5.31. The van der Waals surface area contributed by atoms with Gasteiger partial charge in [-0.05, 0) is 65.7 Å². The van der Waals surface area contributed by atoms with Gasteiger partial charge in [0, 0.05) is 66.0 Å². The van der Waals surface area contributed by atoms with Gasteiger partial charge in [0.15, 0.2) is 0 Å². The Morgan fingerprint density at radius 1 is 0.788 bits per heavy atom. The standard InChI is InChI=1S/C40H36F6N12O7S/c1-64-31-7-4-23(9-20(31)12-48-34-27(39(41,42)43)15-50-37(56-34)52-21-2-5-29-19(8-21)10-32(59)54-29)58-66(62,63)18-26-25-11-22(3-6-30(25)55-36(26)61)53-38-51-16-28(40(44,45)46)35(57-38)49-14-24-13-47-33(60)17-65-24/h2-9,11,15-16,24,26,58H,10,12-14,17-18H2,1H3,(H,47,60)(H,54,59)(H,55,61)(H2,48,50,52,56)(H2,49,51,53,57). The van der Waals surface area contributed by atoms with Crippen molar-refractivity contribution in [2.45, 2.75) is 37.3 Å². The summed E-state index contributed by atoms with van der Waals surface area (Å²) in [4.78, 5) is 52.0. The molecule has 3 amide bonds. The number of fused-ring (bicyclic) bond motifs is 2. The molecule has 1 fully saturated rings. The van der Waals surface area contributed by atoms with Gasteiger partial charge in [-0.15, -0.1) is 0 Å². The molecule has 1 saturated heterocycles. The van der Waals surface area contributed by atoms with Crippen LogP contribution in [0.5, 0.6) is 5.75 Å². The van der Waals surface area contributed by atoms with Gasteiger partial charge < -0.3 is 46.7 Å². The minimum absolute atomic E-state index is 0.0176. The second-order valence-corrected chi connectivity index (χ2v) is 16.7. The molecule has 3 aliphatic rings. The fraction of sp³-hybridized carbons (Fsp3) is 0.275. The van der Waals surface area contributed by atoms with E-state index in [0.29, 0.717) is 29.3 Å². The van der Waals surface area contributed by atoms with Crippen LogP contribution in [0.4, 0.5) is 78.3 Å². The zero-order chi connectivity index (χ0) is 47.0. The van der Waals surface area contributed by atoms with Gasteiger partial charge in [0.2, 0.25) is 39.6 Å². The van der Waals surface area contributed by atoms with Crippen molar-refractivity contribution in [1.29, 1.82) is 0 Å². The van der Waals surface area contributed by atoms with E-state index in [1.807, 2.05) is 0 Å². The number of aromatic nitrogens is 4. The minimum atomic E-state index is -4.87. The van der Waals surface area contributed by atoms with E-state index in [1.165, 1.54) is 43.5 Å². The molecule has 3 aliphatic heterocycles. The van der Waals surface area contributed by atoms with Crippen molar-refractivity contribution in [1.82, 2.24) is 25.3 Å². The number of alkyl halides is 6. The third kappa shape index (κ3) is 10.4. The summed E-state index contributed by atoms with van der Waals surface area (Å²) in [6.45, 7) is -0.653. The number of halogens is 6. The number of hydrogen-bond acceptors (Lipinski definition) is 15. The quantitative estimate of drug-likeness (QED) is 0.0620. The molecule has 0 radical (unpaired) electrons. The molecule has 0 bridgehead atoms. The number of amides is 3. The van der Waals surface area contributed by atoms with Crippen LogP contribution in [0, 0.1) is 0 Å². The van der Waals surface area contributed by atoms with Gasteiger partial charge in [0.25, 0.3) is 0 Å². The molecule has 26 heteroatoms. The van der Waals surface area contributed by atoms with Gasteiger partial charge in [0.1, 0.15) is 35.1 Å². The van der Waals surface area contributed by atoms with E-state index in [4.69, 9.17) is 9.47 Å². The van der Waals surface area contributed by atoms with E-state index >= 15 is 0 Å². The number of morpholine rings is 1. The molecule has 66 heavy (non-hydrogen) atoms. The summed E-state index contributed by atoms with van der Waals surface area (Å²) in [6, 6.07) is 13.3. The summed E-state index contributed by atoms with van der Waals surface area (Å²) in [6.07, 6.45) is -9.03. The normalized spacial score (nSPS) is 16.9. The molecule has 2 atom stereocenters. The van der Waals surface area contributed by atoms with E-state index in [-0.39, 0.29) is 90.3 Å². The maximum absolute atomic E-state index is 14.1. The fourth-order valence-corrected chi connectivity index (χ4v) is 8.51. The van der Waals surface area contributed by atoms with Crippen molar-refractivity contribution in [3.05, 3.63) is 94.8 Å². The van der Waals surface area contributed by atoms with Crippen molar-refractivity contribution >= 4 is 79.7 Å². The van der Waals surface area contributed by atoms with Crippen LogP contribution in [0.2, 0.25) is 0 Å². The lowest BCUT2D eigenvalue weighted by Crippen LogP contribution is -2.45. The molecule has 8 rings (SSSR count). The van der Waals surface area contributed by atoms with Gasteiger partial charge in [-0.3, -0.25) is 19.1 Å². The SMILES string of the molecule is COc1ccc(NS(=O)(=O)CC2C(=O)Nc3ccc(Nc4ncc(C(F)(F)F)c(NCC5CNC(=O)CO5)n4)cc32)cc1CNc1nc(Nc2ccc3c(c2)CC(=O)N3)ncc1C(F)(F)F. The lowest BCUT2D eigenvalue weighted by molar-refractivity contribution is -0.138. The number of ether oxygens (including phenoxy) is 2. The molecule has 5 heterocycles. The third-order valence-electron chi connectivity index (χ3n) is 10.3. The first-order chi connectivity index (χ1) is 31.3. The number of carbonyl (C=O) groups is 3. The summed E-state index contributed by atoms with van der Waals surface area (Å²) in [5.74, 6) is -4.70. The molecule has 2 aromatic heterocycles. The van der Waals surface area contributed by atoms with Crippen LogP contribution in [0.15, 0.2) is 67.0 Å². The van der Waals surface area contributed by atoms with Crippen molar-refractivity contribution in [3.63, 3.8) is 0 Å². The third-order valence-corrected chi connectivity index (χ3v) is 11.6. The second-order valence-electron chi connectivity index (χ2n) is 15.0. The molecule has 8 N–H and O–H groups in total. The molecule has 3 aromatic carbocycles. The first-order valence-corrected chi connectivity index (χ1v) is 21.3. The Morgan fingerprint density at radius 2 is 1.42 bits per heavy atom. The summed E-state index contributed by atoms with van der Waals surface area (Å²) in [7, 11) is -3.04. The number of nitrogens with one attached hydrogen (secondary N) is 8.